The molecule has 0 saturated carbocycles. The van der Waals surface area contributed by atoms with Gasteiger partial charge in [0.1, 0.15) is 0 Å². The summed E-state index contributed by atoms with van der Waals surface area (Å²) in [5, 5.41) is 8.82. The van der Waals surface area contributed by atoms with Gasteiger partial charge in [-0.25, -0.2) is 0 Å². The molecule has 4 heteroatoms. The summed E-state index contributed by atoms with van der Waals surface area (Å²) in [4.78, 5) is 10.7. The summed E-state index contributed by atoms with van der Waals surface area (Å²) in [5.41, 5.74) is -0.807. The molecule has 1 aliphatic rings. The van der Waals surface area contributed by atoms with Gasteiger partial charge in [0, 0.05) is 6.61 Å². The van der Waals surface area contributed by atoms with Gasteiger partial charge in [0.05, 0.1) is 24.7 Å². The Labute approximate surface area is 84.2 Å². The molecule has 14 heavy (non-hydrogen) atoms. The van der Waals surface area contributed by atoms with E-state index >= 15 is 0 Å². The summed E-state index contributed by atoms with van der Waals surface area (Å²) >= 11 is 0. The van der Waals surface area contributed by atoms with E-state index in [-0.39, 0.29) is 12.7 Å². The van der Waals surface area contributed by atoms with Gasteiger partial charge in [-0.05, 0) is 26.7 Å². The summed E-state index contributed by atoms with van der Waals surface area (Å²) < 4.78 is 10.7. The minimum atomic E-state index is -0.829. The van der Waals surface area contributed by atoms with Crippen LogP contribution in [0.2, 0.25) is 0 Å². The quantitative estimate of drug-likeness (QED) is 0.730. The third kappa shape index (κ3) is 3.27. The Bertz CT molecular complexity index is 194. The zero-order chi connectivity index (χ0) is 10.6. The molecule has 4 nitrogen and oxygen atoms in total. The molecule has 0 radical (unpaired) electrons. The molecule has 0 aromatic heterocycles. The first-order valence-corrected chi connectivity index (χ1v) is 4.95. The first-order valence-electron chi connectivity index (χ1n) is 4.95. The molecule has 1 rings (SSSR count). The molecule has 1 atom stereocenters. The van der Waals surface area contributed by atoms with Crippen molar-refractivity contribution in [3.8, 4) is 0 Å². The molecule has 0 aromatic carbocycles. The molecule has 0 amide bonds. The van der Waals surface area contributed by atoms with E-state index in [1.165, 1.54) is 0 Å². The molecule has 1 aliphatic heterocycles. The first-order chi connectivity index (χ1) is 6.52. The van der Waals surface area contributed by atoms with Crippen molar-refractivity contribution in [3.05, 3.63) is 0 Å². The molecule has 1 heterocycles. The molecule has 0 aromatic rings. The molecular weight excluding hydrogens is 184 g/mol. The fraction of sp³-hybridized carbons (Fsp3) is 0.900. The fourth-order valence-corrected chi connectivity index (χ4v) is 1.28. The van der Waals surface area contributed by atoms with E-state index in [1.54, 1.807) is 13.8 Å². The largest absolute Gasteiger partial charge is 0.481 e. The van der Waals surface area contributed by atoms with Crippen LogP contribution in [-0.4, -0.2) is 37.0 Å². The second kappa shape index (κ2) is 4.75. The topological polar surface area (TPSA) is 55.8 Å². The molecule has 0 aliphatic carbocycles. The fourth-order valence-electron chi connectivity index (χ4n) is 1.28. The highest BCUT2D eigenvalue weighted by Gasteiger charge is 2.28. The normalized spacial score (nSPS) is 22.6. The lowest BCUT2D eigenvalue weighted by atomic mass is 9.95. The first kappa shape index (κ1) is 11.5. The van der Waals surface area contributed by atoms with Crippen LogP contribution in [0.15, 0.2) is 0 Å². The van der Waals surface area contributed by atoms with Gasteiger partial charge in [0.25, 0.3) is 0 Å². The van der Waals surface area contributed by atoms with Crippen molar-refractivity contribution >= 4 is 5.97 Å². The van der Waals surface area contributed by atoms with E-state index in [2.05, 4.69) is 0 Å². The van der Waals surface area contributed by atoms with Crippen LogP contribution in [-0.2, 0) is 14.3 Å². The molecule has 82 valence electrons. The minimum absolute atomic E-state index is 0.166. The van der Waals surface area contributed by atoms with E-state index in [0.717, 1.165) is 19.4 Å². The van der Waals surface area contributed by atoms with Crippen LogP contribution in [0.1, 0.15) is 26.7 Å². The van der Waals surface area contributed by atoms with Gasteiger partial charge >= 0.3 is 5.97 Å². The number of rotatable bonds is 5. The maximum Gasteiger partial charge on any atom is 0.311 e. The average Bonchev–Trinajstić information content (AvgIpc) is 2.56. The van der Waals surface area contributed by atoms with E-state index in [4.69, 9.17) is 14.6 Å². The van der Waals surface area contributed by atoms with Crippen LogP contribution < -0.4 is 0 Å². The highest BCUT2D eigenvalue weighted by molar-refractivity contribution is 5.73. The lowest BCUT2D eigenvalue weighted by Gasteiger charge is -2.20. The summed E-state index contributed by atoms with van der Waals surface area (Å²) in [7, 11) is 0. The van der Waals surface area contributed by atoms with Gasteiger partial charge < -0.3 is 14.6 Å². The van der Waals surface area contributed by atoms with Crippen LogP contribution in [0.5, 0.6) is 0 Å². The van der Waals surface area contributed by atoms with Gasteiger partial charge in [0.15, 0.2) is 0 Å². The average molecular weight is 202 g/mol. The van der Waals surface area contributed by atoms with Crippen molar-refractivity contribution in [2.24, 2.45) is 5.41 Å². The van der Waals surface area contributed by atoms with Gasteiger partial charge in [-0.1, -0.05) is 0 Å². The van der Waals surface area contributed by atoms with Crippen molar-refractivity contribution < 1.29 is 19.4 Å². The Balaban J connectivity index is 2.16. The minimum Gasteiger partial charge on any atom is -0.481 e. The van der Waals surface area contributed by atoms with Crippen LogP contribution in [0.25, 0.3) is 0 Å². The summed E-state index contributed by atoms with van der Waals surface area (Å²) in [6, 6.07) is 0. The predicted octanol–water partition coefficient (Wildman–Crippen LogP) is 1.29. The number of hydrogen-bond acceptors (Lipinski definition) is 3. The molecule has 1 saturated heterocycles. The van der Waals surface area contributed by atoms with Crippen LogP contribution >= 0.6 is 0 Å². The lowest BCUT2D eigenvalue weighted by Crippen LogP contribution is -2.30. The van der Waals surface area contributed by atoms with E-state index in [1.807, 2.05) is 0 Å². The van der Waals surface area contributed by atoms with E-state index in [0.29, 0.717) is 6.61 Å². The maximum atomic E-state index is 10.7. The molecule has 1 N–H and O–H groups in total. The van der Waals surface area contributed by atoms with Crippen molar-refractivity contribution in [2.45, 2.75) is 32.8 Å². The zero-order valence-corrected chi connectivity index (χ0v) is 8.78. The number of carbonyl (C=O) groups is 1. The summed E-state index contributed by atoms with van der Waals surface area (Å²) in [6.45, 7) is 4.87. The van der Waals surface area contributed by atoms with Crippen molar-refractivity contribution in [1.82, 2.24) is 0 Å². The van der Waals surface area contributed by atoms with Crippen LogP contribution in [0.3, 0.4) is 0 Å². The van der Waals surface area contributed by atoms with Gasteiger partial charge in [-0.3, -0.25) is 4.79 Å². The molecule has 0 bridgehead atoms. The Hall–Kier alpha value is -0.610. The smallest absolute Gasteiger partial charge is 0.311 e. The number of carboxylic acid groups (broad SMARTS) is 1. The zero-order valence-electron chi connectivity index (χ0n) is 8.78. The molecular formula is C10H18O4. The molecule has 0 spiro atoms. The summed E-state index contributed by atoms with van der Waals surface area (Å²) in [6.07, 6.45) is 2.27. The number of ether oxygens (including phenoxy) is 2. The number of carboxylic acids is 1. The standard InChI is InChI=1S/C10H18O4/c1-10(2,9(11)12)7-13-6-8-4-3-5-14-8/h8H,3-7H2,1-2H3,(H,11,12). The monoisotopic (exact) mass is 202 g/mol. The molecule has 1 fully saturated rings. The second-order valence-electron chi connectivity index (χ2n) is 4.34. The van der Waals surface area contributed by atoms with Gasteiger partial charge in [0.2, 0.25) is 0 Å². The highest BCUT2D eigenvalue weighted by atomic mass is 16.5. The van der Waals surface area contributed by atoms with Gasteiger partial charge in [-0.15, -0.1) is 0 Å². The third-order valence-corrected chi connectivity index (χ3v) is 2.37. The van der Waals surface area contributed by atoms with Crippen molar-refractivity contribution in [2.75, 3.05) is 19.8 Å². The van der Waals surface area contributed by atoms with Crippen molar-refractivity contribution in [1.29, 1.82) is 0 Å². The number of aliphatic carboxylic acids is 1. The van der Waals surface area contributed by atoms with E-state index < -0.39 is 11.4 Å². The molecule has 1 unspecified atom stereocenters. The highest BCUT2D eigenvalue weighted by Crippen LogP contribution is 2.17. The Kier molecular flexibility index (Phi) is 3.89. The van der Waals surface area contributed by atoms with E-state index in [9.17, 15) is 4.79 Å². The van der Waals surface area contributed by atoms with Gasteiger partial charge in [-0.2, -0.15) is 0 Å². The Morgan fingerprint density at radius 1 is 1.64 bits per heavy atom. The van der Waals surface area contributed by atoms with Crippen LogP contribution in [0.4, 0.5) is 0 Å². The number of hydrogen-bond donors (Lipinski definition) is 1. The third-order valence-electron chi connectivity index (χ3n) is 2.37. The predicted molar refractivity (Wildman–Crippen MR) is 51.2 cm³/mol. The SMILES string of the molecule is CC(C)(COCC1CCCO1)C(=O)O. The van der Waals surface area contributed by atoms with Crippen LogP contribution in [0, 0.1) is 5.41 Å². The lowest BCUT2D eigenvalue weighted by molar-refractivity contribution is -0.151. The summed E-state index contributed by atoms with van der Waals surface area (Å²) in [5.74, 6) is -0.829. The Morgan fingerprint density at radius 3 is 2.86 bits per heavy atom. The Morgan fingerprint density at radius 2 is 2.36 bits per heavy atom. The second-order valence-corrected chi connectivity index (χ2v) is 4.34. The maximum absolute atomic E-state index is 10.7. The van der Waals surface area contributed by atoms with Crippen molar-refractivity contribution in [3.63, 3.8) is 0 Å².